The second kappa shape index (κ2) is 37.3. The maximum absolute atomic E-state index is 14.0. The topological polar surface area (TPSA) is 259 Å². The predicted molar refractivity (Wildman–Crippen MR) is 447 cm³/mol. The highest BCUT2D eigenvalue weighted by atomic mass is 16.6. The van der Waals surface area contributed by atoms with Gasteiger partial charge in [-0.25, -0.2) is 24.4 Å². The number of hydrogen-bond acceptors (Lipinski definition) is 16. The maximum Gasteiger partial charge on any atom is 0.347 e. The molecule has 21 nitrogen and oxygen atoms in total. The number of aryl methyl sites for hydroxylation is 2. The lowest BCUT2D eigenvalue weighted by atomic mass is 10.0. The van der Waals surface area contributed by atoms with Crippen molar-refractivity contribution in [1.82, 2.24) is 29.1 Å². The Morgan fingerprint density at radius 2 is 0.759 bits per heavy atom. The normalized spacial score (nSPS) is 10.9. The summed E-state index contributed by atoms with van der Waals surface area (Å²) >= 11 is 0. The SMILES string of the molecule is CCc1c(-c2cc3ccc(OC)cc3[nH]2)nc(OCc2ccccc2)c(C(=O)OCc2ccccc2)c1OCc1ccccc1.CCc1c(-c2cc3ccc(OC)cc3n2C)[nH]c(=O)c(C(=O)O)c1O.CCc1c(-c2cc3ccc(OC)cc3n2C)nc(OCc2ccccc2)c(C(=O)OCc2ccccc2)c1OCc1ccccc1. The first-order chi connectivity index (χ1) is 56.6. The molecular weight excluding hydrogens is 1470 g/mol. The number of pyridine rings is 3. The third kappa shape index (κ3) is 18.2. The van der Waals surface area contributed by atoms with E-state index < -0.39 is 34.8 Å². The van der Waals surface area contributed by atoms with Gasteiger partial charge in [-0.15, -0.1) is 0 Å². The molecule has 15 aromatic rings. The number of nitrogens with zero attached hydrogens (tertiary/aromatic N) is 4. The van der Waals surface area contributed by atoms with Gasteiger partial charge in [0.15, 0.2) is 16.7 Å². The second-order valence-electron chi connectivity index (χ2n) is 27.2. The molecule has 0 amide bonds. The van der Waals surface area contributed by atoms with E-state index in [0.29, 0.717) is 64.9 Å². The molecule has 15 rings (SSSR count). The minimum absolute atomic E-state index is 0.100. The van der Waals surface area contributed by atoms with Gasteiger partial charge in [0, 0.05) is 70.7 Å². The molecule has 21 heteroatoms. The van der Waals surface area contributed by atoms with Crippen LogP contribution in [-0.4, -0.2) is 78.5 Å². The average Bonchev–Trinajstić information content (AvgIpc) is 1.52. The van der Waals surface area contributed by atoms with E-state index in [1.807, 2.05) is 281 Å². The summed E-state index contributed by atoms with van der Waals surface area (Å²) in [6.07, 6.45) is 1.46. The second-order valence-corrected chi connectivity index (χ2v) is 27.2. The number of carbonyl (C=O) groups excluding carboxylic acids is 2. The first-order valence-electron chi connectivity index (χ1n) is 38.0. The first-order valence-corrected chi connectivity index (χ1v) is 38.0. The molecule has 0 saturated heterocycles. The van der Waals surface area contributed by atoms with Crippen molar-refractivity contribution in [3.05, 3.63) is 332 Å². The van der Waals surface area contributed by atoms with E-state index in [4.69, 9.17) is 57.7 Å². The lowest BCUT2D eigenvalue weighted by Gasteiger charge is -2.21. The molecule has 0 unspecified atom stereocenters. The summed E-state index contributed by atoms with van der Waals surface area (Å²) in [4.78, 5) is 67.5. The number of carbonyl (C=O) groups is 3. The Morgan fingerprint density at radius 3 is 1.16 bits per heavy atom. The van der Waals surface area contributed by atoms with Gasteiger partial charge in [-0.3, -0.25) is 4.79 Å². The number of esters is 2. The summed E-state index contributed by atoms with van der Waals surface area (Å²) in [6.45, 7) is 6.96. The van der Waals surface area contributed by atoms with E-state index in [9.17, 15) is 24.3 Å². The summed E-state index contributed by atoms with van der Waals surface area (Å²) < 4.78 is 57.7. The Balaban J connectivity index is 0.000000158. The summed E-state index contributed by atoms with van der Waals surface area (Å²) in [6, 6.07) is 81.8. The van der Waals surface area contributed by atoms with E-state index in [0.717, 1.165) is 100 Å². The Morgan fingerprint density at radius 1 is 0.397 bits per heavy atom. The van der Waals surface area contributed by atoms with Crippen LogP contribution in [0, 0.1) is 0 Å². The largest absolute Gasteiger partial charge is 0.506 e. The number of hydrogen-bond donors (Lipinski definition) is 4. The van der Waals surface area contributed by atoms with Gasteiger partial charge in [0.2, 0.25) is 11.8 Å². The fourth-order valence-electron chi connectivity index (χ4n) is 13.7. The van der Waals surface area contributed by atoms with Gasteiger partial charge in [-0.1, -0.05) is 203 Å². The van der Waals surface area contributed by atoms with E-state index >= 15 is 0 Å². The highest BCUT2D eigenvalue weighted by Gasteiger charge is 2.33. The van der Waals surface area contributed by atoms with Crippen LogP contribution in [0.2, 0.25) is 0 Å². The van der Waals surface area contributed by atoms with Crippen LogP contribution in [0.25, 0.3) is 66.9 Å². The number of nitrogens with one attached hydrogen (secondary N) is 2. The molecule has 0 bridgehead atoms. The van der Waals surface area contributed by atoms with E-state index in [1.54, 1.807) is 28.3 Å². The van der Waals surface area contributed by atoms with Gasteiger partial charge in [-0.2, -0.15) is 0 Å². The number of aromatic carboxylic acids is 1. The van der Waals surface area contributed by atoms with Crippen molar-refractivity contribution < 1.29 is 67.2 Å². The fourth-order valence-corrected chi connectivity index (χ4v) is 13.7. The van der Waals surface area contributed by atoms with Crippen LogP contribution in [0.5, 0.6) is 46.3 Å². The molecule has 4 N–H and O–H groups in total. The predicted octanol–water partition coefficient (Wildman–Crippen LogP) is 19.2. The van der Waals surface area contributed by atoms with Gasteiger partial charge in [0.1, 0.15) is 74.1 Å². The quantitative estimate of drug-likeness (QED) is 0.0332. The molecule has 0 aliphatic carbocycles. The molecule has 0 atom stereocenters. The molecule has 6 heterocycles. The lowest BCUT2D eigenvalue weighted by Crippen LogP contribution is -2.20. The van der Waals surface area contributed by atoms with Crippen molar-refractivity contribution in [3.8, 4) is 80.4 Å². The Kier molecular flexibility index (Phi) is 25.7. The number of aromatic hydroxyl groups is 1. The number of carboxylic acids is 1. The van der Waals surface area contributed by atoms with E-state index in [-0.39, 0.29) is 62.5 Å². The fraction of sp³-hybridized carbons (Fsp3) is 0.179. The number of methoxy groups -OCH3 is 3. The van der Waals surface area contributed by atoms with Crippen LogP contribution in [0.3, 0.4) is 0 Å². The molecule has 0 spiro atoms. The van der Waals surface area contributed by atoms with Crippen LogP contribution < -0.4 is 38.7 Å². The average molecular weight is 1550 g/mol. The zero-order chi connectivity index (χ0) is 81.2. The number of fused-ring (bicyclic) bond motifs is 3. The third-order valence-electron chi connectivity index (χ3n) is 19.8. The van der Waals surface area contributed by atoms with E-state index in [1.165, 1.54) is 0 Å². The van der Waals surface area contributed by atoms with Gasteiger partial charge in [0.25, 0.3) is 5.56 Å². The number of H-pyrrole nitrogens is 2. The number of carboxylic acid groups (broad SMARTS) is 1. The van der Waals surface area contributed by atoms with Crippen LogP contribution in [0.15, 0.2) is 260 Å². The zero-order valence-electron chi connectivity index (χ0n) is 65.6. The summed E-state index contributed by atoms with van der Waals surface area (Å²) in [5, 5.41) is 22.4. The summed E-state index contributed by atoms with van der Waals surface area (Å²) in [5.41, 5.74) is 13.2. The highest BCUT2D eigenvalue weighted by molar-refractivity contribution is 5.99. The van der Waals surface area contributed by atoms with Crippen molar-refractivity contribution in [2.75, 3.05) is 21.3 Å². The molecule has 588 valence electrons. The van der Waals surface area contributed by atoms with Gasteiger partial charge < -0.3 is 71.9 Å². The van der Waals surface area contributed by atoms with Crippen LogP contribution in [-0.2, 0) is 82.5 Å². The zero-order valence-corrected chi connectivity index (χ0v) is 65.6. The number of ether oxygens (including phenoxy) is 9. The van der Waals surface area contributed by atoms with Crippen LogP contribution in [0.4, 0.5) is 0 Å². The molecule has 0 aliphatic heterocycles. The molecule has 0 radical (unpaired) electrons. The summed E-state index contributed by atoms with van der Waals surface area (Å²) in [5.74, 6) is 0.221. The Labute approximate surface area is 670 Å². The Hall–Kier alpha value is -14.3. The molecule has 0 aliphatic rings. The molecule has 9 aromatic carbocycles. The minimum Gasteiger partial charge on any atom is -0.506 e. The summed E-state index contributed by atoms with van der Waals surface area (Å²) in [7, 11) is 8.71. The first kappa shape index (κ1) is 79.7. The number of aromatic nitrogens is 6. The van der Waals surface area contributed by atoms with Gasteiger partial charge >= 0.3 is 17.9 Å². The number of rotatable bonds is 28. The van der Waals surface area contributed by atoms with Crippen LogP contribution >= 0.6 is 0 Å². The van der Waals surface area contributed by atoms with Crippen molar-refractivity contribution in [2.24, 2.45) is 14.1 Å². The van der Waals surface area contributed by atoms with Crippen molar-refractivity contribution >= 4 is 50.6 Å². The minimum atomic E-state index is -1.46. The van der Waals surface area contributed by atoms with E-state index in [2.05, 4.69) is 20.6 Å². The Bertz CT molecular complexity index is 6010. The maximum atomic E-state index is 14.0. The number of benzene rings is 9. The van der Waals surface area contributed by atoms with Gasteiger partial charge in [-0.05, 0) is 107 Å². The molecule has 116 heavy (non-hydrogen) atoms. The molecule has 0 saturated carbocycles. The smallest absolute Gasteiger partial charge is 0.347 e. The number of aromatic amines is 2. The van der Waals surface area contributed by atoms with Crippen molar-refractivity contribution in [2.45, 2.75) is 79.7 Å². The van der Waals surface area contributed by atoms with Crippen LogP contribution in [0.1, 0.15) is 102 Å². The third-order valence-corrected chi connectivity index (χ3v) is 19.8. The molecule has 6 aromatic heterocycles. The van der Waals surface area contributed by atoms with Crippen molar-refractivity contribution in [1.29, 1.82) is 0 Å². The molecular formula is C95H88N6O15. The lowest BCUT2D eigenvalue weighted by molar-refractivity contribution is 0.0451. The molecule has 0 fully saturated rings. The monoisotopic (exact) mass is 1550 g/mol. The standard InChI is InChI=1S/C39H36N2O5.C38H34N2O5.C18H18N2O5/c1-4-32-36(34-22-30-20-21-31(43-3)23-33(30)41(34)2)40-38(45-25-28-16-10-6-11-17-28)35(37(32)44-24-27-14-8-5-9-15-27)39(42)46-26-29-18-12-7-13-19-29;1-3-31-35(33-21-29-19-20-30(42-2)22-32(29)39-33)40-37(44-24-27-15-9-5-10-16-27)34(36(31)43-23-26-13-7-4-8-14-26)38(41)45-25-28-17-11-6-12-18-28;1-4-11-15(19-17(22)14(16(11)21)18(23)24)13-7-9-5-6-10(25-3)8-12(9)20(13)2/h5-23H,4,24-26H2,1-3H3;4-22,39H,3,23-25H2,1-2H3;5-8H,4H2,1-3H3,(H,23,24)(H2,19,21,22). The highest BCUT2D eigenvalue weighted by Crippen LogP contribution is 2.44. The van der Waals surface area contributed by atoms with Crippen molar-refractivity contribution in [3.63, 3.8) is 0 Å². The van der Waals surface area contributed by atoms with Gasteiger partial charge in [0.05, 0.1) is 66.5 Å².